The SMILES string of the molecule is C[C@@H]1CCCN(C(=O)[C@H](C)Cn2cc(Cl)cn2)C1. The third-order valence-corrected chi connectivity index (χ3v) is 3.65. The minimum Gasteiger partial charge on any atom is -0.342 e. The van der Waals surface area contributed by atoms with Gasteiger partial charge in [0, 0.05) is 19.3 Å². The lowest BCUT2D eigenvalue weighted by Crippen LogP contribution is -2.42. The molecular formula is C13H20ClN3O. The van der Waals surface area contributed by atoms with Crippen LogP contribution in [0.3, 0.4) is 0 Å². The molecule has 0 bridgehead atoms. The predicted molar refractivity (Wildman–Crippen MR) is 71.4 cm³/mol. The molecule has 4 nitrogen and oxygen atoms in total. The summed E-state index contributed by atoms with van der Waals surface area (Å²) in [6.07, 6.45) is 5.70. The third kappa shape index (κ3) is 3.25. The van der Waals surface area contributed by atoms with Crippen LogP contribution in [0.15, 0.2) is 12.4 Å². The number of halogens is 1. The number of hydrogen-bond donors (Lipinski definition) is 0. The molecule has 0 unspecified atom stereocenters. The van der Waals surface area contributed by atoms with Crippen molar-refractivity contribution in [3.63, 3.8) is 0 Å². The summed E-state index contributed by atoms with van der Waals surface area (Å²) < 4.78 is 1.73. The number of piperidine rings is 1. The zero-order chi connectivity index (χ0) is 13.1. The Hall–Kier alpha value is -1.03. The molecule has 0 saturated carbocycles. The minimum atomic E-state index is -0.0498. The Bertz CT molecular complexity index is 418. The molecule has 0 radical (unpaired) electrons. The molecular weight excluding hydrogens is 250 g/mol. The highest BCUT2D eigenvalue weighted by Crippen LogP contribution is 2.18. The van der Waals surface area contributed by atoms with Gasteiger partial charge in [-0.25, -0.2) is 0 Å². The Morgan fingerprint density at radius 2 is 2.44 bits per heavy atom. The first-order valence-corrected chi connectivity index (χ1v) is 6.91. The van der Waals surface area contributed by atoms with Crippen molar-refractivity contribution in [1.29, 1.82) is 0 Å². The zero-order valence-electron chi connectivity index (χ0n) is 11.0. The van der Waals surface area contributed by atoms with E-state index in [9.17, 15) is 4.79 Å². The molecule has 2 heterocycles. The number of rotatable bonds is 3. The van der Waals surface area contributed by atoms with Crippen LogP contribution < -0.4 is 0 Å². The lowest BCUT2D eigenvalue weighted by atomic mass is 9.99. The van der Waals surface area contributed by atoms with Crippen LogP contribution in [0.2, 0.25) is 5.02 Å². The summed E-state index contributed by atoms with van der Waals surface area (Å²) in [6, 6.07) is 0. The average Bonchev–Trinajstić information content (AvgIpc) is 2.73. The van der Waals surface area contributed by atoms with E-state index in [2.05, 4.69) is 12.0 Å². The van der Waals surface area contributed by atoms with E-state index >= 15 is 0 Å². The van der Waals surface area contributed by atoms with Crippen LogP contribution in [-0.4, -0.2) is 33.7 Å². The zero-order valence-corrected chi connectivity index (χ0v) is 11.7. The number of carbonyl (C=O) groups is 1. The van der Waals surface area contributed by atoms with Crippen LogP contribution >= 0.6 is 11.6 Å². The van der Waals surface area contributed by atoms with Gasteiger partial charge in [-0.2, -0.15) is 5.10 Å². The van der Waals surface area contributed by atoms with Crippen molar-refractivity contribution in [1.82, 2.24) is 14.7 Å². The molecule has 1 aliphatic rings. The Morgan fingerprint density at radius 1 is 1.67 bits per heavy atom. The Labute approximate surface area is 113 Å². The van der Waals surface area contributed by atoms with E-state index in [0.29, 0.717) is 17.5 Å². The fourth-order valence-electron chi connectivity index (χ4n) is 2.50. The Kier molecular flexibility index (Phi) is 4.27. The maximum atomic E-state index is 12.3. The van der Waals surface area contributed by atoms with Gasteiger partial charge in [0.2, 0.25) is 5.91 Å². The summed E-state index contributed by atoms with van der Waals surface area (Å²) in [7, 11) is 0. The highest BCUT2D eigenvalue weighted by atomic mass is 35.5. The largest absolute Gasteiger partial charge is 0.342 e. The van der Waals surface area contributed by atoms with E-state index in [1.54, 1.807) is 17.1 Å². The summed E-state index contributed by atoms with van der Waals surface area (Å²) in [5.74, 6) is 0.800. The molecule has 1 aliphatic heterocycles. The van der Waals surface area contributed by atoms with Crippen LogP contribution in [0.4, 0.5) is 0 Å². The monoisotopic (exact) mass is 269 g/mol. The molecule has 0 aliphatic carbocycles. The maximum Gasteiger partial charge on any atom is 0.227 e. The summed E-state index contributed by atoms with van der Waals surface area (Å²) >= 11 is 5.81. The Balaban J connectivity index is 1.91. The molecule has 18 heavy (non-hydrogen) atoms. The normalized spacial score (nSPS) is 21.9. The van der Waals surface area contributed by atoms with E-state index in [1.165, 1.54) is 6.42 Å². The van der Waals surface area contributed by atoms with Crippen molar-refractivity contribution < 1.29 is 4.79 Å². The van der Waals surface area contributed by atoms with Crippen LogP contribution in [-0.2, 0) is 11.3 Å². The van der Waals surface area contributed by atoms with Crippen molar-refractivity contribution in [3.05, 3.63) is 17.4 Å². The molecule has 1 fully saturated rings. The van der Waals surface area contributed by atoms with Crippen LogP contribution in [0, 0.1) is 11.8 Å². The third-order valence-electron chi connectivity index (χ3n) is 3.45. The topological polar surface area (TPSA) is 38.1 Å². The molecule has 1 amide bonds. The van der Waals surface area contributed by atoms with Gasteiger partial charge in [0.15, 0.2) is 0 Å². The van der Waals surface area contributed by atoms with E-state index in [1.807, 2.05) is 11.8 Å². The first-order valence-electron chi connectivity index (χ1n) is 6.53. The van der Waals surface area contributed by atoms with Gasteiger partial charge in [-0.05, 0) is 18.8 Å². The second-order valence-electron chi connectivity index (χ2n) is 5.31. The van der Waals surface area contributed by atoms with Crippen LogP contribution in [0.1, 0.15) is 26.7 Å². The van der Waals surface area contributed by atoms with Crippen molar-refractivity contribution in [2.75, 3.05) is 13.1 Å². The molecule has 2 atom stereocenters. The molecule has 0 aromatic carbocycles. The van der Waals surface area contributed by atoms with Gasteiger partial charge in [0.05, 0.1) is 23.7 Å². The van der Waals surface area contributed by atoms with Crippen LogP contribution in [0.5, 0.6) is 0 Å². The second-order valence-corrected chi connectivity index (χ2v) is 5.75. The lowest BCUT2D eigenvalue weighted by molar-refractivity contribution is -0.137. The number of likely N-dealkylation sites (tertiary alicyclic amines) is 1. The fraction of sp³-hybridized carbons (Fsp3) is 0.692. The summed E-state index contributed by atoms with van der Waals surface area (Å²) in [5, 5.41) is 4.72. The molecule has 5 heteroatoms. The van der Waals surface area contributed by atoms with Crippen molar-refractivity contribution in [3.8, 4) is 0 Å². The average molecular weight is 270 g/mol. The molecule has 1 aromatic heterocycles. The smallest absolute Gasteiger partial charge is 0.227 e. The second kappa shape index (κ2) is 5.74. The van der Waals surface area contributed by atoms with Gasteiger partial charge in [0.25, 0.3) is 0 Å². The minimum absolute atomic E-state index is 0.0498. The number of hydrogen-bond acceptors (Lipinski definition) is 2. The maximum absolute atomic E-state index is 12.3. The predicted octanol–water partition coefficient (Wildman–Crippen LogP) is 2.43. The molecule has 1 aromatic rings. The summed E-state index contributed by atoms with van der Waals surface area (Å²) in [5.41, 5.74) is 0. The van der Waals surface area contributed by atoms with Gasteiger partial charge >= 0.3 is 0 Å². The van der Waals surface area contributed by atoms with E-state index in [0.717, 1.165) is 19.5 Å². The van der Waals surface area contributed by atoms with Crippen LogP contribution in [0.25, 0.3) is 0 Å². The highest BCUT2D eigenvalue weighted by molar-refractivity contribution is 6.30. The lowest BCUT2D eigenvalue weighted by Gasteiger charge is -2.32. The number of nitrogens with zero attached hydrogens (tertiary/aromatic N) is 3. The Morgan fingerprint density at radius 3 is 3.06 bits per heavy atom. The van der Waals surface area contributed by atoms with Gasteiger partial charge in [-0.3, -0.25) is 9.48 Å². The summed E-state index contributed by atoms with van der Waals surface area (Å²) in [4.78, 5) is 14.3. The van der Waals surface area contributed by atoms with Gasteiger partial charge in [-0.15, -0.1) is 0 Å². The first-order chi connectivity index (χ1) is 8.56. The molecule has 0 spiro atoms. The first kappa shape index (κ1) is 13.4. The van der Waals surface area contributed by atoms with E-state index in [4.69, 9.17) is 11.6 Å². The van der Waals surface area contributed by atoms with Gasteiger partial charge < -0.3 is 4.90 Å². The fourth-order valence-corrected chi connectivity index (χ4v) is 2.65. The van der Waals surface area contributed by atoms with Gasteiger partial charge in [0.1, 0.15) is 0 Å². The van der Waals surface area contributed by atoms with Crippen molar-refractivity contribution in [2.24, 2.45) is 11.8 Å². The number of carbonyl (C=O) groups excluding carboxylic acids is 1. The summed E-state index contributed by atoms with van der Waals surface area (Å²) in [6.45, 7) is 6.54. The molecule has 0 N–H and O–H groups in total. The van der Waals surface area contributed by atoms with E-state index in [-0.39, 0.29) is 11.8 Å². The molecule has 2 rings (SSSR count). The standard InChI is InChI=1S/C13H20ClN3O/c1-10-4-3-5-16(7-10)13(18)11(2)8-17-9-12(14)6-15-17/h6,9-11H,3-5,7-8H2,1-2H3/t10-,11-/m1/s1. The number of aromatic nitrogens is 2. The highest BCUT2D eigenvalue weighted by Gasteiger charge is 2.25. The molecule has 1 saturated heterocycles. The van der Waals surface area contributed by atoms with Crippen molar-refractivity contribution >= 4 is 17.5 Å². The van der Waals surface area contributed by atoms with E-state index < -0.39 is 0 Å². The van der Waals surface area contributed by atoms with Crippen molar-refractivity contribution in [2.45, 2.75) is 33.2 Å². The number of amides is 1. The quantitative estimate of drug-likeness (QED) is 0.845. The molecule has 100 valence electrons. The van der Waals surface area contributed by atoms with Gasteiger partial charge in [-0.1, -0.05) is 25.4 Å².